The van der Waals surface area contributed by atoms with E-state index in [2.05, 4.69) is 23.3 Å². The van der Waals surface area contributed by atoms with E-state index in [1.54, 1.807) is 7.11 Å². The minimum Gasteiger partial charge on any atom is -0.497 e. The molecular weight excluding hydrogens is 336 g/mol. The molecular formula is C23H18N2O2. The van der Waals surface area contributed by atoms with E-state index in [0.717, 1.165) is 39.6 Å². The van der Waals surface area contributed by atoms with Crippen LogP contribution in [0.5, 0.6) is 11.5 Å². The zero-order valence-electron chi connectivity index (χ0n) is 14.9. The van der Waals surface area contributed by atoms with Gasteiger partial charge in [0.25, 0.3) is 0 Å². The molecule has 0 amide bonds. The van der Waals surface area contributed by atoms with Crippen LogP contribution in [-0.2, 0) is 0 Å². The highest BCUT2D eigenvalue weighted by Gasteiger charge is 2.31. The molecule has 1 aromatic heterocycles. The molecule has 0 spiro atoms. The summed E-state index contributed by atoms with van der Waals surface area (Å²) in [6, 6.07) is 26.3. The number of para-hydroxylation sites is 2. The smallest absolute Gasteiger partial charge is 0.153 e. The van der Waals surface area contributed by atoms with Crippen molar-refractivity contribution < 1.29 is 9.47 Å². The highest BCUT2D eigenvalue weighted by atomic mass is 16.5. The van der Waals surface area contributed by atoms with Crippen LogP contribution in [0.3, 0.4) is 0 Å². The summed E-state index contributed by atoms with van der Waals surface area (Å²) >= 11 is 0. The maximum absolute atomic E-state index is 6.37. The molecule has 1 unspecified atom stereocenters. The lowest BCUT2D eigenvalue weighted by Crippen LogP contribution is -2.15. The molecule has 0 radical (unpaired) electrons. The number of ether oxygens (including phenoxy) is 2. The van der Waals surface area contributed by atoms with Crippen LogP contribution in [0.25, 0.3) is 16.9 Å². The van der Waals surface area contributed by atoms with Crippen molar-refractivity contribution in [1.82, 2.24) is 9.78 Å². The molecule has 4 aromatic rings. The normalized spacial score (nSPS) is 14.8. The summed E-state index contributed by atoms with van der Waals surface area (Å²) in [5, 5.41) is 4.69. The lowest BCUT2D eigenvalue weighted by Gasteiger charge is -2.27. The number of hydrogen-bond donors (Lipinski definition) is 0. The average Bonchev–Trinajstić information content (AvgIpc) is 3.19. The molecule has 1 aliphatic heterocycles. The number of rotatable bonds is 3. The third-order valence-electron chi connectivity index (χ3n) is 4.89. The van der Waals surface area contributed by atoms with Crippen LogP contribution in [0.2, 0.25) is 0 Å². The third kappa shape index (κ3) is 2.57. The van der Waals surface area contributed by atoms with Crippen molar-refractivity contribution in [3.05, 3.63) is 96.2 Å². The molecule has 3 aromatic carbocycles. The Bertz CT molecular complexity index is 1090. The summed E-state index contributed by atoms with van der Waals surface area (Å²) in [4.78, 5) is 0. The lowest BCUT2D eigenvalue weighted by atomic mass is 9.95. The molecule has 0 N–H and O–H groups in total. The lowest BCUT2D eigenvalue weighted by molar-refractivity contribution is 0.243. The summed E-state index contributed by atoms with van der Waals surface area (Å²) in [5.41, 5.74) is 5.29. The number of nitrogens with zero attached hydrogens (tertiary/aromatic N) is 2. The second kappa shape index (κ2) is 6.32. The number of fused-ring (bicyclic) bond motifs is 3. The van der Waals surface area contributed by atoms with Crippen molar-refractivity contribution in [2.75, 3.05) is 7.11 Å². The van der Waals surface area contributed by atoms with Crippen molar-refractivity contribution in [2.45, 2.75) is 6.10 Å². The summed E-state index contributed by atoms with van der Waals surface area (Å²) in [7, 11) is 1.67. The van der Waals surface area contributed by atoms with Gasteiger partial charge >= 0.3 is 0 Å². The van der Waals surface area contributed by atoms with Gasteiger partial charge in [0, 0.05) is 11.1 Å². The van der Waals surface area contributed by atoms with Crippen LogP contribution in [0, 0.1) is 0 Å². The maximum atomic E-state index is 6.37. The second-order valence-corrected chi connectivity index (χ2v) is 6.46. The molecule has 0 fully saturated rings. The topological polar surface area (TPSA) is 36.3 Å². The Labute approximate surface area is 157 Å². The predicted molar refractivity (Wildman–Crippen MR) is 104 cm³/mol. The average molecular weight is 354 g/mol. The van der Waals surface area contributed by atoms with Gasteiger partial charge in [-0.3, -0.25) is 0 Å². The first-order chi connectivity index (χ1) is 13.3. The quantitative estimate of drug-likeness (QED) is 0.518. The van der Waals surface area contributed by atoms with Gasteiger partial charge in [-0.1, -0.05) is 42.5 Å². The number of methoxy groups -OCH3 is 1. The molecule has 5 rings (SSSR count). The Morgan fingerprint density at radius 1 is 0.889 bits per heavy atom. The van der Waals surface area contributed by atoms with E-state index in [1.165, 1.54) is 0 Å². The van der Waals surface area contributed by atoms with Crippen molar-refractivity contribution >= 4 is 0 Å². The third-order valence-corrected chi connectivity index (χ3v) is 4.89. The van der Waals surface area contributed by atoms with Crippen LogP contribution in [0.4, 0.5) is 0 Å². The molecule has 0 aliphatic carbocycles. The van der Waals surface area contributed by atoms with Gasteiger partial charge in [-0.2, -0.15) is 5.10 Å². The molecule has 27 heavy (non-hydrogen) atoms. The van der Waals surface area contributed by atoms with Gasteiger partial charge < -0.3 is 9.47 Å². The van der Waals surface area contributed by atoms with Gasteiger partial charge in [0.1, 0.15) is 11.5 Å². The Balaban J connectivity index is 1.69. The van der Waals surface area contributed by atoms with E-state index >= 15 is 0 Å². The van der Waals surface area contributed by atoms with Gasteiger partial charge in [0.2, 0.25) is 0 Å². The van der Waals surface area contributed by atoms with Crippen molar-refractivity contribution in [3.63, 3.8) is 0 Å². The van der Waals surface area contributed by atoms with E-state index < -0.39 is 0 Å². The molecule has 132 valence electrons. The van der Waals surface area contributed by atoms with Gasteiger partial charge in [-0.25, -0.2) is 4.68 Å². The molecule has 0 saturated heterocycles. The molecule has 0 bridgehead atoms. The standard InChI is InChI=1S/C23H18N2O2/c1-26-18-13-11-16(12-14-18)23-20-15-24-25(17-7-3-2-4-8-17)22(20)19-9-5-6-10-21(19)27-23/h2-15,23H,1H3. The maximum Gasteiger partial charge on any atom is 0.153 e. The molecule has 1 aliphatic rings. The van der Waals surface area contributed by atoms with Crippen LogP contribution in [0.1, 0.15) is 17.2 Å². The summed E-state index contributed by atoms with van der Waals surface area (Å²) < 4.78 is 13.7. The molecule has 1 atom stereocenters. The largest absolute Gasteiger partial charge is 0.497 e. The minimum atomic E-state index is -0.210. The zero-order chi connectivity index (χ0) is 18.2. The van der Waals surface area contributed by atoms with Crippen molar-refractivity contribution in [2.24, 2.45) is 0 Å². The van der Waals surface area contributed by atoms with E-state index in [1.807, 2.05) is 71.5 Å². The Morgan fingerprint density at radius 3 is 2.41 bits per heavy atom. The molecule has 4 nitrogen and oxygen atoms in total. The van der Waals surface area contributed by atoms with E-state index in [0.29, 0.717) is 0 Å². The van der Waals surface area contributed by atoms with Crippen LogP contribution >= 0.6 is 0 Å². The van der Waals surface area contributed by atoms with Gasteiger partial charge in [0.15, 0.2) is 6.10 Å². The highest BCUT2D eigenvalue weighted by Crippen LogP contribution is 2.45. The first kappa shape index (κ1) is 15.7. The molecule has 4 heteroatoms. The Kier molecular flexibility index (Phi) is 3.68. The van der Waals surface area contributed by atoms with Gasteiger partial charge in [-0.05, 0) is 42.0 Å². The summed E-state index contributed by atoms with van der Waals surface area (Å²) in [6.45, 7) is 0. The predicted octanol–water partition coefficient (Wildman–Crippen LogP) is 5.03. The Morgan fingerprint density at radius 2 is 1.63 bits per heavy atom. The number of aromatic nitrogens is 2. The Hall–Kier alpha value is -3.53. The second-order valence-electron chi connectivity index (χ2n) is 6.46. The molecule has 0 saturated carbocycles. The number of hydrogen-bond acceptors (Lipinski definition) is 3. The number of benzene rings is 3. The fraction of sp³-hybridized carbons (Fsp3) is 0.0870. The van der Waals surface area contributed by atoms with Gasteiger partial charge in [-0.15, -0.1) is 0 Å². The van der Waals surface area contributed by atoms with E-state index in [9.17, 15) is 0 Å². The highest BCUT2D eigenvalue weighted by molar-refractivity contribution is 5.75. The first-order valence-electron chi connectivity index (χ1n) is 8.88. The summed E-state index contributed by atoms with van der Waals surface area (Å²) in [6.07, 6.45) is 1.70. The summed E-state index contributed by atoms with van der Waals surface area (Å²) in [5.74, 6) is 1.69. The molecule has 2 heterocycles. The van der Waals surface area contributed by atoms with Crippen molar-refractivity contribution in [1.29, 1.82) is 0 Å². The first-order valence-corrected chi connectivity index (χ1v) is 8.88. The fourth-order valence-electron chi connectivity index (χ4n) is 3.57. The van der Waals surface area contributed by atoms with Crippen LogP contribution in [0.15, 0.2) is 85.1 Å². The fourth-order valence-corrected chi connectivity index (χ4v) is 3.57. The van der Waals surface area contributed by atoms with E-state index in [4.69, 9.17) is 9.47 Å². The van der Waals surface area contributed by atoms with Gasteiger partial charge in [0.05, 0.1) is 24.7 Å². The monoisotopic (exact) mass is 354 g/mol. The minimum absolute atomic E-state index is 0.210. The van der Waals surface area contributed by atoms with Crippen LogP contribution in [-0.4, -0.2) is 16.9 Å². The zero-order valence-corrected chi connectivity index (χ0v) is 14.9. The SMILES string of the molecule is COc1ccc(C2Oc3ccccc3-c3c2cnn3-c2ccccc2)cc1. The van der Waals surface area contributed by atoms with Crippen molar-refractivity contribution in [3.8, 4) is 28.4 Å². The van der Waals surface area contributed by atoms with E-state index in [-0.39, 0.29) is 6.10 Å². The van der Waals surface area contributed by atoms with Crippen LogP contribution < -0.4 is 9.47 Å².